The maximum atomic E-state index is 12.9. The number of aliphatic hydroxyl groups excluding tert-OH is 2. The van der Waals surface area contributed by atoms with Crippen molar-refractivity contribution in [3.05, 3.63) is 66.4 Å². The average molecular weight is 420 g/mol. The van der Waals surface area contributed by atoms with Crippen LogP contribution in [0.4, 0.5) is 5.82 Å². The molecule has 3 N–H and O–H groups in total. The quantitative estimate of drug-likeness (QED) is 0.409. The Balaban J connectivity index is 1.65. The van der Waals surface area contributed by atoms with E-state index in [1.54, 1.807) is 43.3 Å². The molecule has 1 atom stereocenters. The number of imidazole rings is 1. The number of aryl methyl sites for hydroxylation is 1. The molecule has 0 bridgehead atoms. The van der Waals surface area contributed by atoms with Crippen molar-refractivity contribution < 1.29 is 19.7 Å². The first-order chi connectivity index (χ1) is 15.0. The molecule has 10 nitrogen and oxygen atoms in total. The predicted octanol–water partition coefficient (Wildman–Crippen LogP) is 1.48. The van der Waals surface area contributed by atoms with E-state index in [0.29, 0.717) is 34.3 Å². The summed E-state index contributed by atoms with van der Waals surface area (Å²) in [6, 6.07) is 12.3. The number of aliphatic hydroxyl groups is 2. The largest absolute Gasteiger partial charge is 0.491 e. The van der Waals surface area contributed by atoms with Crippen LogP contribution in [-0.4, -0.2) is 60.0 Å². The molecule has 31 heavy (non-hydrogen) atoms. The molecule has 3 heterocycles. The maximum absolute atomic E-state index is 12.9. The van der Waals surface area contributed by atoms with Crippen LogP contribution in [0.3, 0.4) is 0 Å². The number of benzene rings is 1. The standard InChI is InChI=1S/C21H20N6O4/c1-13-20(21(30)25-18-7-8-22-12-23-18)27-19(24-13)6-5-17(26-27)14-3-2-4-16(9-14)31-11-15(29)10-28/h2-9,12,15,28-29H,10-11H2,1H3,(H,22,23,25,30)/t15-/m1/s1. The normalized spacial score (nSPS) is 12.0. The van der Waals surface area contributed by atoms with E-state index >= 15 is 0 Å². The topological polar surface area (TPSA) is 135 Å². The van der Waals surface area contributed by atoms with Gasteiger partial charge < -0.3 is 20.3 Å². The lowest BCUT2D eigenvalue weighted by molar-refractivity contribution is 0.0536. The van der Waals surface area contributed by atoms with Gasteiger partial charge in [0.2, 0.25) is 0 Å². The van der Waals surface area contributed by atoms with E-state index in [1.165, 1.54) is 17.0 Å². The highest BCUT2D eigenvalue weighted by Crippen LogP contribution is 2.24. The van der Waals surface area contributed by atoms with Crippen molar-refractivity contribution in [1.82, 2.24) is 24.6 Å². The van der Waals surface area contributed by atoms with Crippen molar-refractivity contribution in [2.24, 2.45) is 0 Å². The van der Waals surface area contributed by atoms with Crippen molar-refractivity contribution in [2.75, 3.05) is 18.5 Å². The Bertz CT molecular complexity index is 1210. The molecule has 0 saturated heterocycles. The molecule has 0 unspecified atom stereocenters. The molecule has 3 aromatic heterocycles. The molecule has 4 aromatic rings. The SMILES string of the molecule is Cc1nc2ccc(-c3cccc(OC[C@H](O)CO)c3)nn2c1C(=O)Nc1ccncn1. The van der Waals surface area contributed by atoms with Gasteiger partial charge in [0.1, 0.15) is 30.6 Å². The molecule has 4 rings (SSSR count). The lowest BCUT2D eigenvalue weighted by Gasteiger charge is -2.11. The molecular weight excluding hydrogens is 400 g/mol. The Hall–Kier alpha value is -3.89. The van der Waals surface area contributed by atoms with Crippen molar-refractivity contribution in [1.29, 1.82) is 0 Å². The summed E-state index contributed by atoms with van der Waals surface area (Å²) in [6.45, 7) is 1.34. The third-order valence-electron chi connectivity index (χ3n) is 4.47. The Morgan fingerprint density at radius 2 is 2.13 bits per heavy atom. The van der Waals surface area contributed by atoms with Gasteiger partial charge in [0, 0.05) is 11.8 Å². The van der Waals surface area contributed by atoms with Gasteiger partial charge in [-0.3, -0.25) is 4.79 Å². The molecule has 0 spiro atoms. The van der Waals surface area contributed by atoms with Crippen molar-refractivity contribution in [3.63, 3.8) is 0 Å². The highest BCUT2D eigenvalue weighted by Gasteiger charge is 2.19. The summed E-state index contributed by atoms with van der Waals surface area (Å²) in [5.41, 5.74) is 2.73. The second kappa shape index (κ2) is 8.86. The molecule has 10 heteroatoms. The highest BCUT2D eigenvalue weighted by atomic mass is 16.5. The Morgan fingerprint density at radius 3 is 2.90 bits per heavy atom. The third kappa shape index (κ3) is 4.49. The number of fused-ring (bicyclic) bond motifs is 1. The molecule has 1 amide bonds. The summed E-state index contributed by atoms with van der Waals surface area (Å²) in [4.78, 5) is 25.1. The number of anilines is 1. The summed E-state index contributed by atoms with van der Waals surface area (Å²) < 4.78 is 7.00. The van der Waals surface area contributed by atoms with E-state index in [1.807, 2.05) is 6.07 Å². The molecule has 0 radical (unpaired) electrons. The van der Waals surface area contributed by atoms with Gasteiger partial charge in [0.15, 0.2) is 11.3 Å². The minimum atomic E-state index is -0.956. The monoisotopic (exact) mass is 420 g/mol. The zero-order valence-electron chi connectivity index (χ0n) is 16.6. The van der Waals surface area contributed by atoms with Crippen LogP contribution in [-0.2, 0) is 0 Å². The number of hydrogen-bond donors (Lipinski definition) is 3. The zero-order chi connectivity index (χ0) is 21.8. The van der Waals surface area contributed by atoms with E-state index in [0.717, 1.165) is 5.56 Å². The van der Waals surface area contributed by atoms with Gasteiger partial charge in [-0.15, -0.1) is 0 Å². The first-order valence-corrected chi connectivity index (χ1v) is 9.51. The zero-order valence-corrected chi connectivity index (χ0v) is 16.6. The van der Waals surface area contributed by atoms with Gasteiger partial charge in [0.05, 0.1) is 18.0 Å². The van der Waals surface area contributed by atoms with Crippen molar-refractivity contribution in [3.8, 4) is 17.0 Å². The number of carbonyl (C=O) groups is 1. The highest BCUT2D eigenvalue weighted by molar-refractivity contribution is 6.03. The van der Waals surface area contributed by atoms with E-state index in [-0.39, 0.29) is 19.1 Å². The van der Waals surface area contributed by atoms with Crippen LogP contribution >= 0.6 is 0 Å². The number of amides is 1. The summed E-state index contributed by atoms with van der Waals surface area (Å²) in [6.07, 6.45) is 1.93. The molecule has 0 aliphatic carbocycles. The van der Waals surface area contributed by atoms with Gasteiger partial charge in [-0.05, 0) is 37.3 Å². The number of ether oxygens (including phenoxy) is 1. The second-order valence-electron chi connectivity index (χ2n) is 6.76. The lowest BCUT2D eigenvalue weighted by Crippen LogP contribution is -2.21. The predicted molar refractivity (Wildman–Crippen MR) is 112 cm³/mol. The van der Waals surface area contributed by atoms with E-state index in [2.05, 4.69) is 25.4 Å². The van der Waals surface area contributed by atoms with Crippen LogP contribution in [0.5, 0.6) is 5.75 Å². The van der Waals surface area contributed by atoms with Crippen LogP contribution in [0.2, 0.25) is 0 Å². The van der Waals surface area contributed by atoms with Gasteiger partial charge in [0.25, 0.3) is 5.91 Å². The Morgan fingerprint density at radius 1 is 1.26 bits per heavy atom. The number of aromatic nitrogens is 5. The number of nitrogens with zero attached hydrogens (tertiary/aromatic N) is 5. The molecule has 0 saturated carbocycles. The summed E-state index contributed by atoms with van der Waals surface area (Å²) in [5.74, 6) is 0.513. The van der Waals surface area contributed by atoms with E-state index < -0.39 is 6.10 Å². The molecule has 1 aromatic carbocycles. The Labute approximate surface area is 177 Å². The molecular formula is C21H20N6O4. The van der Waals surface area contributed by atoms with E-state index in [9.17, 15) is 9.90 Å². The van der Waals surface area contributed by atoms with Crippen molar-refractivity contribution >= 4 is 17.4 Å². The minimum Gasteiger partial charge on any atom is -0.491 e. The molecule has 0 aliphatic rings. The van der Waals surface area contributed by atoms with Crippen LogP contribution in [0, 0.1) is 6.92 Å². The van der Waals surface area contributed by atoms with Gasteiger partial charge in [-0.2, -0.15) is 5.10 Å². The molecule has 0 fully saturated rings. The molecule has 158 valence electrons. The van der Waals surface area contributed by atoms with Crippen LogP contribution in [0.15, 0.2) is 55.0 Å². The maximum Gasteiger partial charge on any atom is 0.277 e. The fourth-order valence-electron chi connectivity index (χ4n) is 2.99. The Kier molecular flexibility index (Phi) is 5.83. The number of hydrogen-bond acceptors (Lipinski definition) is 8. The summed E-state index contributed by atoms with van der Waals surface area (Å²) >= 11 is 0. The summed E-state index contributed by atoms with van der Waals surface area (Å²) in [5, 5.41) is 25.7. The van der Waals surface area contributed by atoms with E-state index in [4.69, 9.17) is 9.84 Å². The lowest BCUT2D eigenvalue weighted by atomic mass is 10.1. The molecule has 0 aliphatic heterocycles. The fraction of sp³-hybridized carbons (Fsp3) is 0.190. The first-order valence-electron chi connectivity index (χ1n) is 9.51. The minimum absolute atomic E-state index is 0.0273. The second-order valence-corrected chi connectivity index (χ2v) is 6.76. The first kappa shape index (κ1) is 20.4. The average Bonchev–Trinajstić information content (AvgIpc) is 3.13. The number of carbonyl (C=O) groups excluding carboxylic acids is 1. The van der Waals surface area contributed by atoms with Crippen LogP contribution < -0.4 is 10.1 Å². The van der Waals surface area contributed by atoms with Crippen LogP contribution in [0.25, 0.3) is 16.9 Å². The number of rotatable bonds is 7. The van der Waals surface area contributed by atoms with Gasteiger partial charge in [-0.1, -0.05) is 12.1 Å². The third-order valence-corrected chi connectivity index (χ3v) is 4.47. The smallest absolute Gasteiger partial charge is 0.277 e. The fourth-order valence-corrected chi connectivity index (χ4v) is 2.99. The number of nitrogens with one attached hydrogen (secondary N) is 1. The van der Waals surface area contributed by atoms with Gasteiger partial charge in [-0.25, -0.2) is 19.5 Å². The summed E-state index contributed by atoms with van der Waals surface area (Å²) in [7, 11) is 0. The van der Waals surface area contributed by atoms with Crippen molar-refractivity contribution in [2.45, 2.75) is 13.0 Å². The van der Waals surface area contributed by atoms with Gasteiger partial charge >= 0.3 is 0 Å². The van der Waals surface area contributed by atoms with Crippen LogP contribution in [0.1, 0.15) is 16.2 Å².